The van der Waals surface area contributed by atoms with Crippen molar-refractivity contribution >= 4 is 38.8 Å². The summed E-state index contributed by atoms with van der Waals surface area (Å²) in [5.74, 6) is -0.0546. The Bertz CT molecular complexity index is 750. The molecule has 1 aromatic heterocycles. The number of rotatable bonds is 4. The number of nitrogens with two attached hydrogens (primary N) is 1. The molecule has 0 aliphatic heterocycles. The van der Waals surface area contributed by atoms with Gasteiger partial charge in [-0.05, 0) is 18.2 Å². The molecular weight excluding hydrogens is 314 g/mol. The molecule has 21 heavy (non-hydrogen) atoms. The van der Waals surface area contributed by atoms with Gasteiger partial charge in [0, 0.05) is 21.1 Å². The third-order valence-electron chi connectivity index (χ3n) is 2.85. The molecule has 7 nitrogen and oxygen atoms in total. The van der Waals surface area contributed by atoms with Gasteiger partial charge >= 0.3 is 0 Å². The van der Waals surface area contributed by atoms with Crippen LogP contribution in [0.5, 0.6) is 0 Å². The number of benzene rings is 1. The lowest BCUT2D eigenvalue weighted by Crippen LogP contribution is -2.18. The van der Waals surface area contributed by atoms with Gasteiger partial charge in [-0.3, -0.25) is 4.72 Å². The van der Waals surface area contributed by atoms with Crippen LogP contribution >= 0.6 is 11.6 Å². The summed E-state index contributed by atoms with van der Waals surface area (Å²) in [6.07, 6.45) is 1.34. The summed E-state index contributed by atoms with van der Waals surface area (Å²) in [4.78, 5) is 5.60. The second kappa shape index (κ2) is 5.45. The van der Waals surface area contributed by atoms with Gasteiger partial charge in [0.15, 0.2) is 10.8 Å². The first kappa shape index (κ1) is 15.5. The van der Waals surface area contributed by atoms with Crippen molar-refractivity contribution in [2.24, 2.45) is 7.05 Å². The molecule has 0 saturated carbocycles. The summed E-state index contributed by atoms with van der Waals surface area (Å²) in [5, 5.41) is 0.355. The van der Waals surface area contributed by atoms with Crippen LogP contribution in [0.4, 0.5) is 17.2 Å². The highest BCUT2D eigenvalue weighted by Gasteiger charge is 2.22. The van der Waals surface area contributed by atoms with Crippen LogP contribution in [-0.4, -0.2) is 32.1 Å². The predicted molar refractivity (Wildman–Crippen MR) is 84.2 cm³/mol. The fourth-order valence-corrected chi connectivity index (χ4v) is 3.54. The Kier molecular flexibility index (Phi) is 4.02. The normalized spacial score (nSPS) is 11.4. The topological polar surface area (TPSA) is 93.2 Å². The number of hydrogen-bond acceptors (Lipinski definition) is 5. The number of sulfonamides is 1. The van der Waals surface area contributed by atoms with E-state index < -0.39 is 10.0 Å². The molecule has 2 rings (SSSR count). The minimum atomic E-state index is -3.83. The lowest BCUT2D eigenvalue weighted by Gasteiger charge is -2.16. The van der Waals surface area contributed by atoms with Gasteiger partial charge in [0.25, 0.3) is 10.0 Å². The minimum absolute atomic E-state index is 0.0546. The highest BCUT2D eigenvalue weighted by Crippen LogP contribution is 2.29. The molecule has 1 heterocycles. The zero-order valence-corrected chi connectivity index (χ0v) is 13.4. The van der Waals surface area contributed by atoms with Gasteiger partial charge in [0.05, 0.1) is 22.7 Å². The van der Waals surface area contributed by atoms with E-state index in [0.29, 0.717) is 10.7 Å². The van der Waals surface area contributed by atoms with Crippen LogP contribution in [0, 0.1) is 0 Å². The van der Waals surface area contributed by atoms with Crippen LogP contribution in [0.1, 0.15) is 0 Å². The van der Waals surface area contributed by atoms with Crippen molar-refractivity contribution in [1.29, 1.82) is 0 Å². The third-order valence-corrected chi connectivity index (χ3v) is 4.66. The lowest BCUT2D eigenvalue weighted by atomic mass is 10.3. The van der Waals surface area contributed by atoms with E-state index in [1.54, 1.807) is 25.2 Å². The number of hydrogen-bond donors (Lipinski definition) is 2. The second-order valence-corrected chi connectivity index (χ2v) is 6.72. The Hall–Kier alpha value is -1.93. The zero-order chi connectivity index (χ0) is 15.8. The van der Waals surface area contributed by atoms with Gasteiger partial charge in [-0.25, -0.2) is 4.98 Å². The molecule has 0 radical (unpaired) electrons. The Balaban J connectivity index is 2.36. The molecule has 0 atom stereocenters. The molecular formula is C12H16ClN5O2S. The van der Waals surface area contributed by atoms with Crippen LogP contribution in [0.15, 0.2) is 29.6 Å². The smallest absolute Gasteiger partial charge is 0.281 e. The first-order chi connectivity index (χ1) is 9.72. The molecule has 0 aliphatic carbocycles. The van der Waals surface area contributed by atoms with Gasteiger partial charge in [-0.15, -0.1) is 0 Å². The second-order valence-electron chi connectivity index (χ2n) is 4.71. The quantitative estimate of drug-likeness (QED) is 0.887. The van der Waals surface area contributed by atoms with Gasteiger partial charge in [0.1, 0.15) is 0 Å². The minimum Gasteiger partial charge on any atom is -0.381 e. The first-order valence-corrected chi connectivity index (χ1v) is 7.85. The van der Waals surface area contributed by atoms with Crippen LogP contribution in [0.3, 0.4) is 0 Å². The van der Waals surface area contributed by atoms with Crippen molar-refractivity contribution in [3.63, 3.8) is 0 Å². The van der Waals surface area contributed by atoms with E-state index in [-0.39, 0.29) is 10.8 Å². The first-order valence-electron chi connectivity index (χ1n) is 5.99. The van der Waals surface area contributed by atoms with E-state index in [4.69, 9.17) is 17.3 Å². The Morgan fingerprint density at radius 2 is 2.05 bits per heavy atom. The van der Waals surface area contributed by atoms with E-state index in [2.05, 4.69) is 9.71 Å². The van der Waals surface area contributed by atoms with Crippen LogP contribution in [-0.2, 0) is 17.1 Å². The van der Waals surface area contributed by atoms with E-state index in [0.717, 1.165) is 5.69 Å². The molecule has 0 fully saturated rings. The third kappa shape index (κ3) is 3.06. The molecule has 0 saturated heterocycles. The number of nitrogens with one attached hydrogen (secondary N) is 1. The number of nitrogens with zero attached hydrogens (tertiary/aromatic N) is 3. The zero-order valence-electron chi connectivity index (χ0n) is 11.8. The number of halogens is 1. The van der Waals surface area contributed by atoms with Gasteiger partial charge in [0.2, 0.25) is 0 Å². The number of aryl methyl sites for hydroxylation is 1. The van der Waals surface area contributed by atoms with Crippen LogP contribution < -0.4 is 15.4 Å². The van der Waals surface area contributed by atoms with Crippen LogP contribution in [0.2, 0.25) is 5.02 Å². The standard InChI is InChI=1S/C12H16ClN5O2S/c1-17(2)10-5-4-8(6-9(10)13)16-21(19,20)12-11(14)15-7-18(12)3/h4-7,16H,14H2,1-3H3. The molecule has 3 N–H and O–H groups in total. The van der Waals surface area contributed by atoms with Crippen molar-refractivity contribution in [1.82, 2.24) is 9.55 Å². The van der Waals surface area contributed by atoms with E-state index in [9.17, 15) is 8.42 Å². The average molecular weight is 330 g/mol. The summed E-state index contributed by atoms with van der Waals surface area (Å²) >= 11 is 6.12. The molecule has 9 heteroatoms. The maximum Gasteiger partial charge on any atom is 0.281 e. The van der Waals surface area contributed by atoms with Crippen molar-refractivity contribution in [2.45, 2.75) is 5.03 Å². The molecule has 0 amide bonds. The van der Waals surface area contributed by atoms with Crippen molar-refractivity contribution in [2.75, 3.05) is 29.5 Å². The average Bonchev–Trinajstić information content (AvgIpc) is 2.68. The lowest BCUT2D eigenvalue weighted by molar-refractivity contribution is 0.592. The molecule has 0 unspecified atom stereocenters. The van der Waals surface area contributed by atoms with Gasteiger partial charge in [-0.2, -0.15) is 8.42 Å². The fraction of sp³-hybridized carbons (Fsp3) is 0.250. The summed E-state index contributed by atoms with van der Waals surface area (Å²) in [5.41, 5.74) is 6.74. The molecule has 0 bridgehead atoms. The number of anilines is 3. The van der Waals surface area contributed by atoms with Gasteiger partial charge in [-0.1, -0.05) is 11.6 Å². The largest absolute Gasteiger partial charge is 0.381 e. The molecule has 0 aliphatic rings. The molecule has 0 spiro atoms. The maximum absolute atomic E-state index is 12.3. The summed E-state index contributed by atoms with van der Waals surface area (Å²) in [6, 6.07) is 4.90. The van der Waals surface area contributed by atoms with Crippen molar-refractivity contribution in [3.05, 3.63) is 29.5 Å². The molecule has 1 aromatic carbocycles. The highest BCUT2D eigenvalue weighted by atomic mass is 35.5. The summed E-state index contributed by atoms with van der Waals surface area (Å²) in [6.45, 7) is 0. The van der Waals surface area contributed by atoms with Crippen molar-refractivity contribution < 1.29 is 8.42 Å². The fourth-order valence-electron chi connectivity index (χ4n) is 1.90. The van der Waals surface area contributed by atoms with E-state index in [1.165, 1.54) is 10.9 Å². The number of nitrogen functional groups attached to an aromatic ring is 1. The summed E-state index contributed by atoms with van der Waals surface area (Å²) < 4.78 is 28.4. The Labute approximate surface area is 128 Å². The van der Waals surface area contributed by atoms with E-state index >= 15 is 0 Å². The SMILES string of the molecule is CN(C)c1ccc(NS(=O)(=O)c2c(N)ncn2C)cc1Cl. The maximum atomic E-state index is 12.3. The monoisotopic (exact) mass is 329 g/mol. The summed E-state index contributed by atoms with van der Waals surface area (Å²) in [7, 11) is 1.42. The Morgan fingerprint density at radius 3 is 2.52 bits per heavy atom. The predicted octanol–water partition coefficient (Wildman–Crippen LogP) is 1.52. The Morgan fingerprint density at radius 1 is 1.38 bits per heavy atom. The van der Waals surface area contributed by atoms with E-state index in [1.807, 2.05) is 19.0 Å². The molecule has 2 aromatic rings. The number of aromatic nitrogens is 2. The molecule has 114 valence electrons. The van der Waals surface area contributed by atoms with Crippen LogP contribution in [0.25, 0.3) is 0 Å². The van der Waals surface area contributed by atoms with Crippen molar-refractivity contribution in [3.8, 4) is 0 Å². The highest BCUT2D eigenvalue weighted by molar-refractivity contribution is 7.92. The van der Waals surface area contributed by atoms with Gasteiger partial charge < -0.3 is 15.2 Å². The number of imidazole rings is 1.